The second kappa shape index (κ2) is 9.69. The maximum Gasteiger partial charge on any atom is 0.218 e. The van der Waals surface area contributed by atoms with Gasteiger partial charge in [0.2, 0.25) is 10.0 Å². The molecule has 0 heterocycles. The van der Waals surface area contributed by atoms with Crippen molar-refractivity contribution < 1.29 is 18.3 Å². The third-order valence-corrected chi connectivity index (χ3v) is 6.41. The van der Waals surface area contributed by atoms with E-state index < -0.39 is 16.1 Å². The van der Waals surface area contributed by atoms with Gasteiger partial charge in [-0.15, -0.1) is 0 Å². The lowest BCUT2D eigenvalue weighted by Gasteiger charge is -2.25. The zero-order valence-corrected chi connectivity index (χ0v) is 17.1. The van der Waals surface area contributed by atoms with Gasteiger partial charge in [-0.25, -0.2) is 8.42 Å². The number of aliphatic hydroxyl groups excluding tert-OH is 1. The van der Waals surface area contributed by atoms with Crippen LogP contribution in [-0.4, -0.2) is 31.5 Å². The Hall–Kier alpha value is -2.67. The molecule has 29 heavy (non-hydrogen) atoms. The summed E-state index contributed by atoms with van der Waals surface area (Å²) in [6.45, 7) is 0.147. The Labute approximate surface area is 172 Å². The largest absolute Gasteiger partial charge is 0.497 e. The molecule has 6 heteroatoms. The number of aliphatic hydroxyl groups is 1. The Bertz CT molecular complexity index is 1010. The lowest BCUT2D eigenvalue weighted by Crippen LogP contribution is -2.35. The van der Waals surface area contributed by atoms with Crippen LogP contribution >= 0.6 is 0 Å². The highest BCUT2D eigenvalue weighted by atomic mass is 32.2. The fraction of sp³-hybridized carbons (Fsp3) is 0.217. The van der Waals surface area contributed by atoms with E-state index >= 15 is 0 Å². The SMILES string of the molecule is COc1cccc(C(O)CN(Cc2ccccc2)S(=O)(=O)Cc2ccccc2)c1. The molecular formula is C23H25NO4S. The lowest BCUT2D eigenvalue weighted by molar-refractivity contribution is 0.145. The molecule has 0 fully saturated rings. The van der Waals surface area contributed by atoms with Crippen LogP contribution in [0.4, 0.5) is 0 Å². The van der Waals surface area contributed by atoms with Crippen LogP contribution in [-0.2, 0) is 22.3 Å². The highest BCUT2D eigenvalue weighted by molar-refractivity contribution is 7.88. The summed E-state index contributed by atoms with van der Waals surface area (Å²) in [4.78, 5) is 0. The molecule has 0 radical (unpaired) electrons. The van der Waals surface area contributed by atoms with E-state index in [4.69, 9.17) is 4.74 Å². The molecule has 0 saturated carbocycles. The third-order valence-electron chi connectivity index (χ3n) is 4.64. The predicted molar refractivity (Wildman–Crippen MR) is 114 cm³/mol. The first-order valence-electron chi connectivity index (χ1n) is 9.35. The Morgan fingerprint density at radius 1 is 0.897 bits per heavy atom. The first kappa shape index (κ1) is 21.0. The summed E-state index contributed by atoms with van der Waals surface area (Å²) < 4.78 is 32.9. The number of rotatable bonds is 9. The van der Waals surface area contributed by atoms with Crippen LogP contribution < -0.4 is 4.74 Å². The quantitative estimate of drug-likeness (QED) is 0.582. The van der Waals surface area contributed by atoms with Crippen molar-refractivity contribution >= 4 is 10.0 Å². The van der Waals surface area contributed by atoms with Crippen LogP contribution in [0.2, 0.25) is 0 Å². The molecule has 5 nitrogen and oxygen atoms in total. The average molecular weight is 412 g/mol. The summed E-state index contributed by atoms with van der Waals surface area (Å²) in [6, 6.07) is 25.5. The van der Waals surface area contributed by atoms with E-state index in [1.54, 1.807) is 43.5 Å². The molecule has 1 unspecified atom stereocenters. The van der Waals surface area contributed by atoms with Crippen LogP contribution in [0.5, 0.6) is 5.75 Å². The summed E-state index contributed by atoms with van der Waals surface area (Å²) in [5.74, 6) is 0.495. The molecule has 0 aromatic heterocycles. The highest BCUT2D eigenvalue weighted by Gasteiger charge is 2.26. The smallest absolute Gasteiger partial charge is 0.218 e. The third kappa shape index (κ3) is 5.90. The summed E-state index contributed by atoms with van der Waals surface area (Å²) in [5.41, 5.74) is 2.18. The normalized spacial score (nSPS) is 12.7. The highest BCUT2D eigenvalue weighted by Crippen LogP contribution is 2.23. The molecule has 0 spiro atoms. The number of hydrogen-bond donors (Lipinski definition) is 1. The van der Waals surface area contributed by atoms with Crippen molar-refractivity contribution in [1.29, 1.82) is 0 Å². The standard InChI is InChI=1S/C23H25NO4S/c1-28-22-14-8-13-21(15-22)23(25)17-24(16-19-9-4-2-5-10-19)29(26,27)18-20-11-6-3-7-12-20/h2-15,23,25H,16-18H2,1H3. The molecule has 0 aliphatic carbocycles. The molecule has 3 aromatic carbocycles. The molecule has 0 bridgehead atoms. The summed E-state index contributed by atoms with van der Waals surface area (Å²) in [6.07, 6.45) is -0.973. The van der Waals surface area contributed by atoms with Gasteiger partial charge in [-0.1, -0.05) is 72.8 Å². The fourth-order valence-electron chi connectivity index (χ4n) is 3.09. The van der Waals surface area contributed by atoms with Gasteiger partial charge in [0, 0.05) is 13.1 Å². The number of nitrogens with zero attached hydrogens (tertiary/aromatic N) is 1. The van der Waals surface area contributed by atoms with Crippen LogP contribution in [0.1, 0.15) is 22.8 Å². The maximum absolute atomic E-state index is 13.2. The molecular weight excluding hydrogens is 386 g/mol. The van der Waals surface area contributed by atoms with E-state index in [2.05, 4.69) is 0 Å². The zero-order chi connectivity index (χ0) is 20.7. The Balaban J connectivity index is 1.85. The van der Waals surface area contributed by atoms with Gasteiger partial charge in [0.15, 0.2) is 0 Å². The summed E-state index contributed by atoms with van der Waals surface area (Å²) in [5, 5.41) is 10.8. The van der Waals surface area contributed by atoms with Gasteiger partial charge in [-0.05, 0) is 28.8 Å². The number of hydrogen-bond acceptors (Lipinski definition) is 4. The second-order valence-electron chi connectivity index (χ2n) is 6.81. The molecule has 3 rings (SSSR count). The van der Waals surface area contributed by atoms with Gasteiger partial charge >= 0.3 is 0 Å². The summed E-state index contributed by atoms with van der Waals surface area (Å²) in [7, 11) is -2.10. The minimum atomic E-state index is -3.65. The topological polar surface area (TPSA) is 66.8 Å². The average Bonchev–Trinajstić information content (AvgIpc) is 2.74. The second-order valence-corrected chi connectivity index (χ2v) is 8.78. The van der Waals surface area contributed by atoms with E-state index in [9.17, 15) is 13.5 Å². The van der Waals surface area contributed by atoms with E-state index in [-0.39, 0.29) is 18.8 Å². The van der Waals surface area contributed by atoms with Crippen LogP contribution in [0, 0.1) is 0 Å². The van der Waals surface area contributed by atoms with Crippen LogP contribution in [0.15, 0.2) is 84.9 Å². The molecule has 0 amide bonds. The van der Waals surface area contributed by atoms with Gasteiger partial charge in [0.05, 0.1) is 19.0 Å². The van der Waals surface area contributed by atoms with Gasteiger partial charge in [-0.2, -0.15) is 4.31 Å². The van der Waals surface area contributed by atoms with Crippen molar-refractivity contribution in [3.05, 3.63) is 102 Å². The van der Waals surface area contributed by atoms with Crippen molar-refractivity contribution in [1.82, 2.24) is 4.31 Å². The monoisotopic (exact) mass is 411 g/mol. The molecule has 1 N–H and O–H groups in total. The molecule has 152 valence electrons. The maximum atomic E-state index is 13.2. The molecule has 0 saturated heterocycles. The minimum Gasteiger partial charge on any atom is -0.497 e. The van der Waals surface area contributed by atoms with E-state index in [0.717, 1.165) is 5.56 Å². The number of ether oxygens (including phenoxy) is 1. The van der Waals surface area contributed by atoms with Gasteiger partial charge < -0.3 is 9.84 Å². The first-order valence-corrected chi connectivity index (χ1v) is 11.0. The van der Waals surface area contributed by atoms with E-state index in [1.165, 1.54) is 4.31 Å². The van der Waals surface area contributed by atoms with Crippen LogP contribution in [0.25, 0.3) is 0 Å². The Kier molecular flexibility index (Phi) is 7.04. The Morgan fingerprint density at radius 2 is 1.52 bits per heavy atom. The van der Waals surface area contributed by atoms with Gasteiger partial charge in [0.1, 0.15) is 5.75 Å². The van der Waals surface area contributed by atoms with Crippen molar-refractivity contribution in [2.75, 3.05) is 13.7 Å². The molecule has 0 aliphatic rings. The van der Waals surface area contributed by atoms with Gasteiger partial charge in [-0.3, -0.25) is 0 Å². The van der Waals surface area contributed by atoms with E-state index in [0.29, 0.717) is 16.9 Å². The fourth-order valence-corrected chi connectivity index (χ4v) is 4.60. The molecule has 0 aliphatic heterocycles. The number of methoxy groups -OCH3 is 1. The minimum absolute atomic E-state index is 0.0444. The number of sulfonamides is 1. The van der Waals surface area contributed by atoms with Crippen LogP contribution in [0.3, 0.4) is 0 Å². The van der Waals surface area contributed by atoms with E-state index in [1.807, 2.05) is 48.5 Å². The predicted octanol–water partition coefficient (Wildman–Crippen LogP) is 3.76. The Morgan fingerprint density at radius 3 is 2.14 bits per heavy atom. The van der Waals surface area contributed by atoms with Gasteiger partial charge in [0.25, 0.3) is 0 Å². The van der Waals surface area contributed by atoms with Crippen molar-refractivity contribution in [2.45, 2.75) is 18.4 Å². The zero-order valence-electron chi connectivity index (χ0n) is 16.3. The van der Waals surface area contributed by atoms with Crippen molar-refractivity contribution in [2.24, 2.45) is 0 Å². The van der Waals surface area contributed by atoms with Crippen molar-refractivity contribution in [3.8, 4) is 5.75 Å². The van der Waals surface area contributed by atoms with Crippen molar-refractivity contribution in [3.63, 3.8) is 0 Å². The molecule has 1 atom stereocenters. The number of benzene rings is 3. The lowest BCUT2D eigenvalue weighted by atomic mass is 10.1. The molecule has 3 aromatic rings. The summed E-state index contributed by atoms with van der Waals surface area (Å²) >= 11 is 0. The first-order chi connectivity index (χ1) is 14.0.